The first-order valence-corrected chi connectivity index (χ1v) is 28.8. The molecule has 1 aliphatic rings. The fraction of sp³-hybridized carbons (Fsp3) is 0.0370. The number of fused-ring (bicyclic) bond motifs is 13. The molecule has 392 valence electrons. The molecular weight excluding hydrogens is 1000 g/mol. The monoisotopic (exact) mass is 1060 g/mol. The van der Waals surface area contributed by atoms with E-state index in [2.05, 4.69) is 339 Å². The van der Waals surface area contributed by atoms with Crippen molar-refractivity contribution < 1.29 is 0 Å². The summed E-state index contributed by atoms with van der Waals surface area (Å²) in [5.74, 6) is 0. The molecule has 14 aromatic carbocycles. The van der Waals surface area contributed by atoms with Gasteiger partial charge in [-0.05, 0) is 182 Å². The molecule has 0 bridgehead atoms. The van der Waals surface area contributed by atoms with Crippen molar-refractivity contribution in [1.82, 2.24) is 0 Å². The van der Waals surface area contributed by atoms with Crippen LogP contribution in [0.1, 0.15) is 25.0 Å². The maximum atomic E-state index is 2.42. The molecule has 15 rings (SSSR count). The molecule has 0 fully saturated rings. The van der Waals surface area contributed by atoms with Gasteiger partial charge in [-0.25, -0.2) is 0 Å². The average molecular weight is 1060 g/mol. The van der Waals surface area contributed by atoms with Crippen LogP contribution in [-0.2, 0) is 5.41 Å². The first kappa shape index (κ1) is 49.5. The van der Waals surface area contributed by atoms with E-state index < -0.39 is 0 Å². The van der Waals surface area contributed by atoms with Gasteiger partial charge in [0.1, 0.15) is 0 Å². The Balaban J connectivity index is 0.853. The fourth-order valence-corrected chi connectivity index (χ4v) is 13.1. The number of benzene rings is 13. The molecule has 83 heavy (non-hydrogen) atoms. The third-order valence-corrected chi connectivity index (χ3v) is 17.3. The molecule has 0 aromatic heterocycles. The summed E-state index contributed by atoms with van der Waals surface area (Å²) < 4.78 is 0. The average Bonchev–Trinajstić information content (AvgIpc) is 3.64. The van der Waals surface area contributed by atoms with Gasteiger partial charge >= 0.3 is 0 Å². The molecule has 14 aromatic rings. The Morgan fingerprint density at radius 1 is 0.193 bits per heavy atom. The highest BCUT2D eigenvalue weighted by atomic mass is 15.1. The summed E-state index contributed by atoms with van der Waals surface area (Å²) in [6, 6.07) is 116. The normalized spacial score (nSPS) is 12.3. The summed E-state index contributed by atoms with van der Waals surface area (Å²) in [5, 5.41) is 12.1. The lowest BCUT2D eigenvalue weighted by Crippen LogP contribution is -2.16. The Kier molecular flexibility index (Phi) is 12.2. The van der Waals surface area contributed by atoms with E-state index in [1.54, 1.807) is 0 Å². The molecule has 0 unspecified atom stereocenters. The van der Waals surface area contributed by atoms with Gasteiger partial charge in [0.15, 0.2) is 0 Å². The second kappa shape index (κ2) is 20.5. The fourth-order valence-electron chi connectivity index (χ4n) is 13.1. The second-order valence-electron chi connectivity index (χ2n) is 22.4. The molecule has 2 heteroatoms. The number of hydrogen-bond acceptors (Lipinski definition) is 2. The summed E-state index contributed by atoms with van der Waals surface area (Å²) >= 11 is 0. The van der Waals surface area contributed by atoms with E-state index in [4.69, 9.17) is 0 Å². The lowest BCUT2D eigenvalue weighted by molar-refractivity contribution is 0.660. The molecule has 0 radical (unpaired) electrons. The first-order chi connectivity index (χ1) is 40.9. The van der Waals surface area contributed by atoms with E-state index >= 15 is 0 Å². The summed E-state index contributed by atoms with van der Waals surface area (Å²) in [6.07, 6.45) is 0. The third-order valence-electron chi connectivity index (χ3n) is 17.3. The Morgan fingerprint density at radius 2 is 0.458 bits per heavy atom. The highest BCUT2D eigenvalue weighted by Gasteiger charge is 2.36. The van der Waals surface area contributed by atoms with E-state index in [0.29, 0.717) is 0 Å². The summed E-state index contributed by atoms with van der Waals surface area (Å²) in [5.41, 5.74) is 18.8. The number of anilines is 6. The van der Waals surface area contributed by atoms with E-state index in [9.17, 15) is 0 Å². The summed E-state index contributed by atoms with van der Waals surface area (Å²) in [4.78, 5) is 4.82. The van der Waals surface area contributed by atoms with Crippen molar-refractivity contribution in [3.05, 3.63) is 327 Å². The molecule has 0 aliphatic heterocycles. The van der Waals surface area contributed by atoms with Gasteiger partial charge in [0.25, 0.3) is 0 Å². The van der Waals surface area contributed by atoms with E-state index in [0.717, 1.165) is 45.3 Å². The molecule has 0 heterocycles. The molecular formula is C81H58N2. The Hall–Kier alpha value is -10.5. The number of hydrogen-bond donors (Lipinski definition) is 0. The van der Waals surface area contributed by atoms with Crippen molar-refractivity contribution in [2.75, 3.05) is 9.80 Å². The number of nitrogens with zero attached hydrogens (tertiary/aromatic N) is 2. The molecule has 0 spiro atoms. The van der Waals surface area contributed by atoms with Gasteiger partial charge in [-0.15, -0.1) is 0 Å². The van der Waals surface area contributed by atoms with E-state index in [1.165, 1.54) is 98.4 Å². The maximum absolute atomic E-state index is 2.42. The maximum Gasteiger partial charge on any atom is 0.0468 e. The smallest absolute Gasteiger partial charge is 0.0468 e. The van der Waals surface area contributed by atoms with Crippen LogP contribution in [0.3, 0.4) is 0 Å². The Labute approximate surface area is 485 Å². The minimum Gasteiger partial charge on any atom is -0.310 e. The van der Waals surface area contributed by atoms with Crippen molar-refractivity contribution in [2.45, 2.75) is 19.3 Å². The van der Waals surface area contributed by atoms with Crippen LogP contribution in [0, 0.1) is 0 Å². The SMILES string of the molecule is CC1(C)c2ccccc2-c2ccc(N(c3ccc(-c4ccccc4)cc3)c3ccc(-c4ccc(N(c5ccc(-c6ccccc6)cc5)c5ccc6c7ccccc7c7ccccc7c7ccccc7c7ccccc7c6c5)cc4)cc3)cc21. The van der Waals surface area contributed by atoms with Crippen molar-refractivity contribution in [3.63, 3.8) is 0 Å². The molecule has 2 nitrogen and oxygen atoms in total. The highest BCUT2D eigenvalue weighted by Crippen LogP contribution is 2.51. The van der Waals surface area contributed by atoms with Crippen LogP contribution in [0.15, 0.2) is 315 Å². The van der Waals surface area contributed by atoms with Crippen LogP contribution in [0.2, 0.25) is 0 Å². The topological polar surface area (TPSA) is 6.48 Å². The van der Waals surface area contributed by atoms with E-state index in [-0.39, 0.29) is 5.41 Å². The van der Waals surface area contributed by atoms with Crippen LogP contribution in [0.5, 0.6) is 0 Å². The van der Waals surface area contributed by atoms with Gasteiger partial charge in [-0.3, -0.25) is 0 Å². The zero-order chi connectivity index (χ0) is 55.4. The van der Waals surface area contributed by atoms with Crippen LogP contribution in [0.25, 0.3) is 98.4 Å². The zero-order valence-electron chi connectivity index (χ0n) is 46.4. The minimum atomic E-state index is -0.127. The quantitative estimate of drug-likeness (QED) is 0.142. The van der Waals surface area contributed by atoms with Crippen LogP contribution < -0.4 is 9.80 Å². The van der Waals surface area contributed by atoms with Crippen LogP contribution in [0.4, 0.5) is 34.1 Å². The minimum absolute atomic E-state index is 0.127. The molecule has 0 saturated carbocycles. The van der Waals surface area contributed by atoms with Gasteiger partial charge in [-0.2, -0.15) is 0 Å². The van der Waals surface area contributed by atoms with Gasteiger partial charge in [0.05, 0.1) is 0 Å². The predicted octanol–water partition coefficient (Wildman–Crippen LogP) is 22.8. The standard InChI is InChI=1S/C81H58N2/c1-81(2)79-32-18-17-31-76(79)77-52-50-66(54-80(77)81)83(63-43-35-58(36-44-63)56-21-7-4-8-22-56)64-47-39-60(40-48-64)59-37-45-62(46-38-59)82(61-41-33-57(34-42-61)55-19-5-3-6-20-55)65-49-51-75-73-29-14-13-27-71(73)69-25-10-9-23-67(69)68-24-11-12-26-70(68)72-28-15-16-30-74(72)78(75)53-65/h3-54H,1-2H3. The predicted molar refractivity (Wildman–Crippen MR) is 355 cm³/mol. The Morgan fingerprint density at radius 3 is 0.843 bits per heavy atom. The third kappa shape index (κ3) is 8.75. The summed E-state index contributed by atoms with van der Waals surface area (Å²) in [6.45, 7) is 4.71. The molecule has 0 atom stereocenters. The largest absolute Gasteiger partial charge is 0.310 e. The van der Waals surface area contributed by atoms with Gasteiger partial charge in [0, 0.05) is 39.5 Å². The lowest BCUT2D eigenvalue weighted by atomic mass is 9.82. The van der Waals surface area contributed by atoms with Crippen LogP contribution >= 0.6 is 0 Å². The van der Waals surface area contributed by atoms with Gasteiger partial charge in [0.2, 0.25) is 0 Å². The van der Waals surface area contributed by atoms with Crippen molar-refractivity contribution >= 4 is 88.0 Å². The van der Waals surface area contributed by atoms with Gasteiger partial charge in [-0.1, -0.05) is 257 Å². The van der Waals surface area contributed by atoms with Gasteiger partial charge < -0.3 is 9.80 Å². The zero-order valence-corrected chi connectivity index (χ0v) is 46.4. The van der Waals surface area contributed by atoms with E-state index in [1.807, 2.05) is 0 Å². The second-order valence-corrected chi connectivity index (χ2v) is 22.4. The number of rotatable bonds is 9. The van der Waals surface area contributed by atoms with Crippen LogP contribution in [-0.4, -0.2) is 0 Å². The summed E-state index contributed by atoms with van der Waals surface area (Å²) in [7, 11) is 0. The van der Waals surface area contributed by atoms with Crippen molar-refractivity contribution in [1.29, 1.82) is 0 Å². The molecule has 0 amide bonds. The Bertz CT molecular complexity index is 4760. The van der Waals surface area contributed by atoms with Crippen molar-refractivity contribution in [2.24, 2.45) is 0 Å². The lowest BCUT2D eigenvalue weighted by Gasteiger charge is -2.28. The van der Waals surface area contributed by atoms with Crippen molar-refractivity contribution in [3.8, 4) is 44.5 Å². The molecule has 0 saturated heterocycles. The first-order valence-electron chi connectivity index (χ1n) is 28.8. The molecule has 0 N–H and O–H groups in total. The highest BCUT2D eigenvalue weighted by molar-refractivity contribution is 6.26. The molecule has 1 aliphatic carbocycles.